The molecule has 0 amide bonds. The van der Waals surface area contributed by atoms with Gasteiger partial charge < -0.3 is 14.5 Å². The molecule has 1 fully saturated rings. The Bertz CT molecular complexity index is 642. The number of hydrogen-bond donors (Lipinski definition) is 1. The third kappa shape index (κ3) is 3.19. The first-order valence-electron chi connectivity index (χ1n) is 6.67. The minimum atomic E-state index is -0.763. The molecule has 0 bridgehead atoms. The number of hydrogen-bond acceptors (Lipinski definition) is 6. The summed E-state index contributed by atoms with van der Waals surface area (Å²) in [4.78, 5) is 17.9. The van der Waals surface area contributed by atoms with Gasteiger partial charge in [-0.15, -0.1) is 11.3 Å². The zero-order valence-corrected chi connectivity index (χ0v) is 12.7. The van der Waals surface area contributed by atoms with Crippen molar-refractivity contribution in [1.29, 1.82) is 0 Å². The molecule has 0 aromatic carbocycles. The molecule has 1 aliphatic heterocycles. The molecule has 3 rings (SSSR count). The smallest absolute Gasteiger partial charge is 0.303 e. The van der Waals surface area contributed by atoms with Gasteiger partial charge in [0, 0.05) is 19.5 Å². The van der Waals surface area contributed by atoms with Crippen LogP contribution in [-0.4, -0.2) is 34.3 Å². The van der Waals surface area contributed by atoms with Crippen molar-refractivity contribution in [2.75, 3.05) is 18.0 Å². The Hall–Kier alpha value is -1.60. The lowest BCUT2D eigenvalue weighted by molar-refractivity contribution is -0.138. The summed E-state index contributed by atoms with van der Waals surface area (Å²) in [6.07, 6.45) is 2.03. The van der Waals surface area contributed by atoms with Crippen LogP contribution in [0.15, 0.2) is 16.0 Å². The van der Waals surface area contributed by atoms with E-state index in [-0.39, 0.29) is 12.3 Å². The largest absolute Gasteiger partial charge is 0.481 e. The molecular weight excluding hydrogens is 314 g/mol. The van der Waals surface area contributed by atoms with E-state index in [4.69, 9.17) is 21.2 Å². The van der Waals surface area contributed by atoms with E-state index in [0.717, 1.165) is 24.3 Å². The fraction of sp³-hybridized carbons (Fsp3) is 0.462. The highest BCUT2D eigenvalue weighted by atomic mass is 35.5. The number of anilines is 1. The SMILES string of the molecule is O=C(O)CC1CCCN(c2noc(-c3sccc3Cl)n2)C1. The van der Waals surface area contributed by atoms with Crippen LogP contribution < -0.4 is 4.90 Å². The third-order valence-electron chi connectivity index (χ3n) is 3.49. The van der Waals surface area contributed by atoms with Gasteiger partial charge in [-0.25, -0.2) is 0 Å². The van der Waals surface area contributed by atoms with E-state index >= 15 is 0 Å². The van der Waals surface area contributed by atoms with Gasteiger partial charge >= 0.3 is 5.97 Å². The highest BCUT2D eigenvalue weighted by molar-refractivity contribution is 7.14. The van der Waals surface area contributed by atoms with Gasteiger partial charge in [0.2, 0.25) is 0 Å². The van der Waals surface area contributed by atoms with E-state index in [1.165, 1.54) is 11.3 Å². The molecule has 2 aromatic heterocycles. The van der Waals surface area contributed by atoms with E-state index in [2.05, 4.69) is 10.1 Å². The minimum Gasteiger partial charge on any atom is -0.481 e. The number of halogens is 1. The third-order valence-corrected chi connectivity index (χ3v) is 4.82. The summed E-state index contributed by atoms with van der Waals surface area (Å²) in [7, 11) is 0. The van der Waals surface area contributed by atoms with Crippen LogP contribution in [0, 0.1) is 5.92 Å². The van der Waals surface area contributed by atoms with Gasteiger partial charge in [0.1, 0.15) is 4.88 Å². The fourth-order valence-electron chi connectivity index (χ4n) is 2.54. The summed E-state index contributed by atoms with van der Waals surface area (Å²) in [6, 6.07) is 1.79. The lowest BCUT2D eigenvalue weighted by Crippen LogP contribution is -2.36. The van der Waals surface area contributed by atoms with Crippen LogP contribution in [0.25, 0.3) is 10.8 Å². The molecule has 0 radical (unpaired) electrons. The highest BCUT2D eigenvalue weighted by Gasteiger charge is 2.25. The van der Waals surface area contributed by atoms with Crippen molar-refractivity contribution < 1.29 is 14.4 Å². The number of carboxylic acids is 1. The molecule has 1 unspecified atom stereocenters. The number of thiophene rings is 1. The number of carboxylic acid groups (broad SMARTS) is 1. The van der Waals surface area contributed by atoms with Crippen LogP contribution >= 0.6 is 22.9 Å². The second kappa shape index (κ2) is 6.03. The standard InChI is InChI=1S/C13H14ClN3O3S/c14-9-3-5-21-11(9)12-15-13(16-20-12)17-4-1-2-8(7-17)6-10(18)19/h3,5,8H,1-2,4,6-7H2,(H,18,19). The van der Waals surface area contributed by atoms with Gasteiger partial charge in [-0.3, -0.25) is 4.79 Å². The Morgan fingerprint density at radius 1 is 1.62 bits per heavy atom. The van der Waals surface area contributed by atoms with Crippen molar-refractivity contribution in [1.82, 2.24) is 10.1 Å². The minimum absolute atomic E-state index is 0.128. The van der Waals surface area contributed by atoms with Gasteiger partial charge in [0.25, 0.3) is 11.8 Å². The highest BCUT2D eigenvalue weighted by Crippen LogP contribution is 2.33. The van der Waals surface area contributed by atoms with E-state index in [9.17, 15) is 4.79 Å². The molecule has 112 valence electrons. The van der Waals surface area contributed by atoms with Crippen LogP contribution in [0.3, 0.4) is 0 Å². The summed E-state index contributed by atoms with van der Waals surface area (Å²) in [6.45, 7) is 1.46. The van der Waals surface area contributed by atoms with E-state index in [1.54, 1.807) is 6.07 Å². The van der Waals surface area contributed by atoms with E-state index in [1.807, 2.05) is 10.3 Å². The fourth-order valence-corrected chi connectivity index (χ4v) is 3.60. The zero-order chi connectivity index (χ0) is 14.8. The predicted molar refractivity (Wildman–Crippen MR) is 79.8 cm³/mol. The maximum atomic E-state index is 10.8. The first-order chi connectivity index (χ1) is 10.1. The summed E-state index contributed by atoms with van der Waals surface area (Å²) >= 11 is 7.50. The summed E-state index contributed by atoms with van der Waals surface area (Å²) in [5, 5.41) is 15.4. The second-order valence-electron chi connectivity index (χ2n) is 5.05. The number of aromatic nitrogens is 2. The van der Waals surface area contributed by atoms with Crippen LogP contribution in [0.4, 0.5) is 5.95 Å². The number of nitrogens with zero attached hydrogens (tertiary/aromatic N) is 3. The monoisotopic (exact) mass is 327 g/mol. The Morgan fingerprint density at radius 3 is 3.19 bits per heavy atom. The Kier molecular flexibility index (Phi) is 4.12. The molecule has 1 N–H and O–H groups in total. The average molecular weight is 328 g/mol. The van der Waals surface area contributed by atoms with Crippen molar-refractivity contribution in [2.24, 2.45) is 5.92 Å². The van der Waals surface area contributed by atoms with Crippen molar-refractivity contribution in [3.05, 3.63) is 16.5 Å². The predicted octanol–water partition coefficient (Wildman–Crippen LogP) is 3.14. The molecule has 3 heterocycles. The Balaban J connectivity index is 1.74. The van der Waals surface area contributed by atoms with Crippen molar-refractivity contribution in [3.63, 3.8) is 0 Å². The Morgan fingerprint density at radius 2 is 2.48 bits per heavy atom. The Labute approximate surface area is 130 Å². The van der Waals surface area contributed by atoms with Gasteiger partial charge in [0.05, 0.1) is 5.02 Å². The molecule has 0 saturated carbocycles. The molecule has 1 atom stereocenters. The molecule has 6 nitrogen and oxygen atoms in total. The normalized spacial score (nSPS) is 18.9. The number of aliphatic carboxylic acids is 1. The quantitative estimate of drug-likeness (QED) is 0.929. The molecule has 1 aliphatic rings. The summed E-state index contributed by atoms with van der Waals surface area (Å²) in [5.74, 6) is 0.277. The first kappa shape index (κ1) is 14.3. The van der Waals surface area contributed by atoms with E-state index in [0.29, 0.717) is 23.4 Å². The lowest BCUT2D eigenvalue weighted by Gasteiger charge is -2.30. The van der Waals surface area contributed by atoms with Crippen molar-refractivity contribution >= 4 is 34.9 Å². The molecular formula is C13H14ClN3O3S. The summed E-state index contributed by atoms with van der Waals surface area (Å²) in [5.41, 5.74) is 0. The summed E-state index contributed by atoms with van der Waals surface area (Å²) < 4.78 is 5.27. The molecule has 21 heavy (non-hydrogen) atoms. The average Bonchev–Trinajstić information content (AvgIpc) is 3.06. The van der Waals surface area contributed by atoms with Crippen LogP contribution in [0.1, 0.15) is 19.3 Å². The van der Waals surface area contributed by atoms with E-state index < -0.39 is 5.97 Å². The molecule has 0 spiro atoms. The maximum absolute atomic E-state index is 10.8. The number of piperidine rings is 1. The van der Waals surface area contributed by atoms with Crippen LogP contribution in [0.5, 0.6) is 0 Å². The molecule has 2 aromatic rings. The van der Waals surface area contributed by atoms with Crippen molar-refractivity contribution in [2.45, 2.75) is 19.3 Å². The van der Waals surface area contributed by atoms with Gasteiger partial charge in [-0.05, 0) is 35.4 Å². The van der Waals surface area contributed by atoms with Gasteiger partial charge in [-0.2, -0.15) is 4.98 Å². The van der Waals surface area contributed by atoms with Crippen LogP contribution in [-0.2, 0) is 4.79 Å². The second-order valence-corrected chi connectivity index (χ2v) is 6.37. The van der Waals surface area contributed by atoms with Crippen molar-refractivity contribution in [3.8, 4) is 10.8 Å². The first-order valence-corrected chi connectivity index (χ1v) is 7.93. The lowest BCUT2D eigenvalue weighted by atomic mass is 9.95. The van der Waals surface area contributed by atoms with Crippen LogP contribution in [0.2, 0.25) is 5.02 Å². The molecule has 0 aliphatic carbocycles. The number of rotatable bonds is 4. The van der Waals surface area contributed by atoms with Gasteiger partial charge in [-0.1, -0.05) is 11.6 Å². The van der Waals surface area contributed by atoms with Gasteiger partial charge in [0.15, 0.2) is 0 Å². The molecule has 8 heteroatoms. The number of carbonyl (C=O) groups is 1. The topological polar surface area (TPSA) is 79.5 Å². The molecule has 1 saturated heterocycles. The zero-order valence-electron chi connectivity index (χ0n) is 11.2. The maximum Gasteiger partial charge on any atom is 0.303 e.